The van der Waals surface area contributed by atoms with Gasteiger partial charge in [0.2, 0.25) is 5.91 Å². The molecule has 0 bridgehead atoms. The molecule has 12 heteroatoms. The van der Waals surface area contributed by atoms with Crippen LogP contribution in [0.15, 0.2) is 59.5 Å². The van der Waals surface area contributed by atoms with Crippen molar-refractivity contribution in [1.29, 1.82) is 0 Å². The molecule has 0 spiro atoms. The van der Waals surface area contributed by atoms with Gasteiger partial charge < -0.3 is 19.9 Å². The van der Waals surface area contributed by atoms with Crippen molar-refractivity contribution < 1.29 is 14.3 Å². The molecule has 1 aromatic heterocycles. The first-order chi connectivity index (χ1) is 21.7. The van der Waals surface area contributed by atoms with E-state index < -0.39 is 6.10 Å². The molecule has 4 heterocycles. The van der Waals surface area contributed by atoms with E-state index >= 15 is 0 Å². The monoisotopic (exact) mass is 633 g/mol. The van der Waals surface area contributed by atoms with Gasteiger partial charge >= 0.3 is 0 Å². The van der Waals surface area contributed by atoms with Crippen LogP contribution >= 0.6 is 11.6 Å². The largest absolute Gasteiger partial charge is 0.481 e. The summed E-state index contributed by atoms with van der Waals surface area (Å²) in [5.74, 6) is 0.394. The molecule has 3 saturated heterocycles. The number of halogens is 1. The molecule has 3 atom stereocenters. The number of amides is 2. The van der Waals surface area contributed by atoms with E-state index in [1.165, 1.54) is 15.8 Å². The fourth-order valence-electron chi connectivity index (χ4n) is 6.52. The summed E-state index contributed by atoms with van der Waals surface area (Å²) in [5.41, 5.74) is 3.97. The van der Waals surface area contributed by atoms with E-state index in [4.69, 9.17) is 16.3 Å². The summed E-state index contributed by atoms with van der Waals surface area (Å²) >= 11 is 6.31. The average Bonchev–Trinajstić information content (AvgIpc) is 3.03. The van der Waals surface area contributed by atoms with Gasteiger partial charge in [-0.3, -0.25) is 24.6 Å². The number of imide groups is 1. The van der Waals surface area contributed by atoms with Gasteiger partial charge in [-0.1, -0.05) is 41.9 Å². The zero-order valence-corrected chi connectivity index (χ0v) is 26.5. The molecule has 3 aliphatic rings. The minimum atomic E-state index is -0.638. The molecule has 0 aliphatic carbocycles. The highest BCUT2D eigenvalue weighted by Crippen LogP contribution is 2.30. The highest BCUT2D eigenvalue weighted by Gasteiger charge is 2.29. The van der Waals surface area contributed by atoms with Crippen molar-refractivity contribution in [3.63, 3.8) is 0 Å². The Balaban J connectivity index is 1.00. The Morgan fingerprint density at radius 1 is 1.02 bits per heavy atom. The van der Waals surface area contributed by atoms with Gasteiger partial charge in [-0.05, 0) is 42.6 Å². The third-order valence-electron chi connectivity index (χ3n) is 8.95. The molecule has 1 unspecified atom stereocenters. The number of ether oxygens (including phenoxy) is 1. The van der Waals surface area contributed by atoms with E-state index in [0.29, 0.717) is 30.2 Å². The number of likely N-dealkylation sites (tertiary alicyclic amines) is 1. The number of rotatable bonds is 8. The van der Waals surface area contributed by atoms with Crippen LogP contribution in [0.5, 0.6) is 5.75 Å². The van der Waals surface area contributed by atoms with Gasteiger partial charge in [0.25, 0.3) is 11.5 Å². The van der Waals surface area contributed by atoms with E-state index in [9.17, 15) is 14.4 Å². The standard InChI is InChI=1S/C33H40ClN7O4/c1-38-20-24(16-25(21-38)36-28-18-35-39(2)33(44)31(28)34)23-8-6-22(7-9-23)19-40-12-14-41(15-13-40)26-4-3-5-27(17-26)45-29-10-11-30(42)37-32(29)43/h3-9,17-18,24-25,29,36H,10-16,19-21H2,1-2H3,(H,37,42,43)/t24-,25+,29?/m0/s1. The number of carbonyl (C=O) groups is 2. The van der Waals surface area contributed by atoms with Crippen LogP contribution in [0, 0.1) is 0 Å². The molecule has 2 N–H and O–H groups in total. The number of nitrogens with zero attached hydrogens (tertiary/aromatic N) is 5. The Hall–Kier alpha value is -3.93. The summed E-state index contributed by atoms with van der Waals surface area (Å²) in [4.78, 5) is 42.9. The summed E-state index contributed by atoms with van der Waals surface area (Å²) in [6, 6.07) is 17.0. The molecule has 2 amide bonds. The number of benzene rings is 2. The van der Waals surface area contributed by atoms with E-state index in [2.05, 4.69) is 67.8 Å². The van der Waals surface area contributed by atoms with Gasteiger partial charge in [-0.25, -0.2) is 4.68 Å². The average molecular weight is 634 g/mol. The van der Waals surface area contributed by atoms with Crippen molar-refractivity contribution >= 4 is 34.8 Å². The molecule has 238 valence electrons. The van der Waals surface area contributed by atoms with Crippen LogP contribution in [0.25, 0.3) is 0 Å². The third-order valence-corrected chi connectivity index (χ3v) is 9.32. The smallest absolute Gasteiger partial charge is 0.287 e. The molecule has 11 nitrogen and oxygen atoms in total. The van der Waals surface area contributed by atoms with Crippen LogP contribution in [0.4, 0.5) is 11.4 Å². The predicted octanol–water partition coefficient (Wildman–Crippen LogP) is 2.84. The fraction of sp³-hybridized carbons (Fsp3) is 0.455. The predicted molar refractivity (Wildman–Crippen MR) is 174 cm³/mol. The van der Waals surface area contributed by atoms with Crippen LogP contribution in [0.1, 0.15) is 36.3 Å². The van der Waals surface area contributed by atoms with Crippen molar-refractivity contribution in [2.45, 2.75) is 43.9 Å². The minimum Gasteiger partial charge on any atom is -0.481 e. The first-order valence-electron chi connectivity index (χ1n) is 15.6. The van der Waals surface area contributed by atoms with E-state index in [1.54, 1.807) is 13.2 Å². The second-order valence-electron chi connectivity index (χ2n) is 12.4. The lowest BCUT2D eigenvalue weighted by atomic mass is 9.87. The first-order valence-corrected chi connectivity index (χ1v) is 15.9. The van der Waals surface area contributed by atoms with Crippen molar-refractivity contribution in [1.82, 2.24) is 24.9 Å². The lowest BCUT2D eigenvalue weighted by Crippen LogP contribution is -2.46. The highest BCUT2D eigenvalue weighted by atomic mass is 35.5. The summed E-state index contributed by atoms with van der Waals surface area (Å²) in [6.07, 6.45) is 2.62. The molecule has 0 radical (unpaired) electrons. The molecule has 2 aromatic carbocycles. The maximum Gasteiger partial charge on any atom is 0.287 e. The van der Waals surface area contributed by atoms with Crippen LogP contribution in [-0.2, 0) is 23.2 Å². The van der Waals surface area contributed by atoms with Crippen molar-refractivity contribution in [2.75, 3.05) is 56.5 Å². The normalized spacial score (nSPS) is 23.1. The second-order valence-corrected chi connectivity index (χ2v) is 12.7. The number of likely N-dealkylation sites (N-methyl/N-ethyl adjacent to an activating group) is 1. The Labute approximate surface area is 268 Å². The molecule has 45 heavy (non-hydrogen) atoms. The lowest BCUT2D eigenvalue weighted by molar-refractivity contribution is -0.138. The zero-order valence-electron chi connectivity index (χ0n) is 25.7. The molecule has 3 fully saturated rings. The summed E-state index contributed by atoms with van der Waals surface area (Å²) in [5, 5.41) is 10.1. The molecular formula is C33H40ClN7O4. The van der Waals surface area contributed by atoms with Gasteiger partial charge in [0.05, 0.1) is 11.9 Å². The first kappa shape index (κ1) is 31.1. The number of aromatic nitrogens is 2. The molecule has 3 aliphatic heterocycles. The number of piperidine rings is 2. The summed E-state index contributed by atoms with van der Waals surface area (Å²) < 4.78 is 7.17. The van der Waals surface area contributed by atoms with Crippen LogP contribution in [-0.4, -0.2) is 89.9 Å². The highest BCUT2D eigenvalue weighted by molar-refractivity contribution is 6.32. The van der Waals surface area contributed by atoms with Crippen LogP contribution < -0.4 is 25.8 Å². The van der Waals surface area contributed by atoms with Gasteiger partial charge in [0, 0.05) is 83.5 Å². The molecule has 6 rings (SSSR count). The zero-order chi connectivity index (χ0) is 31.5. The van der Waals surface area contributed by atoms with Gasteiger partial charge in [0.1, 0.15) is 10.8 Å². The number of hydrogen-bond acceptors (Lipinski definition) is 9. The Morgan fingerprint density at radius 2 is 1.80 bits per heavy atom. The van der Waals surface area contributed by atoms with Crippen molar-refractivity contribution in [2.24, 2.45) is 7.05 Å². The summed E-state index contributed by atoms with van der Waals surface area (Å²) in [6.45, 7) is 6.42. The number of nitrogens with one attached hydrogen (secondary N) is 2. The van der Waals surface area contributed by atoms with Crippen molar-refractivity contribution in [3.05, 3.63) is 81.2 Å². The van der Waals surface area contributed by atoms with E-state index in [1.807, 2.05) is 18.2 Å². The number of hydrogen-bond donors (Lipinski definition) is 2. The molecular weight excluding hydrogens is 594 g/mol. The SMILES string of the molecule is CN1C[C@H](Nc2cnn(C)c(=O)c2Cl)C[C@H](c2ccc(CN3CCN(c4cccc(OC5CCC(=O)NC5=O)c4)CC3)cc2)C1. The second kappa shape index (κ2) is 13.6. The lowest BCUT2D eigenvalue weighted by Gasteiger charge is -2.37. The van der Waals surface area contributed by atoms with E-state index in [-0.39, 0.29) is 28.4 Å². The Bertz CT molecular complexity index is 1590. The van der Waals surface area contributed by atoms with Gasteiger partial charge in [-0.15, -0.1) is 0 Å². The third kappa shape index (κ3) is 7.49. The minimum absolute atomic E-state index is 0.154. The van der Waals surface area contributed by atoms with E-state index in [0.717, 1.165) is 57.9 Å². The topological polar surface area (TPSA) is 112 Å². The molecule has 3 aromatic rings. The number of anilines is 2. The maximum atomic E-state index is 12.2. The number of piperazine rings is 1. The Kier molecular flexibility index (Phi) is 9.39. The van der Waals surface area contributed by atoms with Gasteiger partial charge in [0.15, 0.2) is 6.10 Å². The Morgan fingerprint density at radius 3 is 2.56 bits per heavy atom. The number of carbonyl (C=O) groups excluding carboxylic acids is 2. The van der Waals surface area contributed by atoms with Gasteiger partial charge in [-0.2, -0.15) is 5.10 Å². The number of aryl methyl sites for hydroxylation is 1. The van der Waals surface area contributed by atoms with Crippen molar-refractivity contribution in [3.8, 4) is 5.75 Å². The fourth-order valence-corrected chi connectivity index (χ4v) is 6.74. The maximum absolute atomic E-state index is 12.2. The quantitative estimate of drug-likeness (QED) is 0.362. The van der Waals surface area contributed by atoms with Crippen LogP contribution in [0.3, 0.4) is 0 Å². The summed E-state index contributed by atoms with van der Waals surface area (Å²) in [7, 11) is 3.72. The molecule has 0 saturated carbocycles. The van der Waals surface area contributed by atoms with Crippen LogP contribution in [0.2, 0.25) is 5.02 Å².